The first kappa shape index (κ1) is 16.8. The average Bonchev–Trinajstić information content (AvgIpc) is 3.09. The van der Waals surface area contributed by atoms with Crippen molar-refractivity contribution in [3.8, 4) is 0 Å². The zero-order valence-electron chi connectivity index (χ0n) is 15.0. The summed E-state index contributed by atoms with van der Waals surface area (Å²) in [6, 6.07) is 22.8. The molecule has 28 heavy (non-hydrogen) atoms. The first-order valence-corrected chi connectivity index (χ1v) is 10.3. The van der Waals surface area contributed by atoms with E-state index in [2.05, 4.69) is 0 Å². The van der Waals surface area contributed by atoms with Crippen molar-refractivity contribution in [3.63, 3.8) is 0 Å². The molecule has 0 atom stereocenters. The molecule has 2 aromatic heterocycles. The zero-order valence-corrected chi connectivity index (χ0v) is 15.8. The molecule has 0 saturated heterocycles. The Balaban J connectivity index is 2.13. The first-order valence-electron chi connectivity index (χ1n) is 8.83. The SMILES string of the molecule is Cn1c(=O)c2c3ccccc3n(S(=O)(=O)c3ccccc3)c2c2ccccc21. The summed E-state index contributed by atoms with van der Waals surface area (Å²) in [5, 5.41) is 1.76. The molecule has 0 spiro atoms. The van der Waals surface area contributed by atoms with E-state index in [-0.39, 0.29) is 10.5 Å². The van der Waals surface area contributed by atoms with Gasteiger partial charge >= 0.3 is 0 Å². The highest BCUT2D eigenvalue weighted by molar-refractivity contribution is 7.90. The molecular formula is C22H16N2O3S. The van der Waals surface area contributed by atoms with E-state index >= 15 is 0 Å². The molecule has 0 fully saturated rings. The normalized spacial score (nSPS) is 12.2. The minimum atomic E-state index is -3.90. The van der Waals surface area contributed by atoms with E-state index in [0.717, 1.165) is 5.39 Å². The molecule has 0 bridgehead atoms. The fourth-order valence-electron chi connectivity index (χ4n) is 3.86. The number of fused-ring (bicyclic) bond motifs is 5. The van der Waals surface area contributed by atoms with E-state index in [0.29, 0.717) is 27.3 Å². The topological polar surface area (TPSA) is 61.1 Å². The molecule has 0 N–H and O–H groups in total. The lowest BCUT2D eigenvalue weighted by Crippen LogP contribution is -2.19. The van der Waals surface area contributed by atoms with Crippen LogP contribution in [0.5, 0.6) is 0 Å². The van der Waals surface area contributed by atoms with E-state index < -0.39 is 10.0 Å². The number of hydrogen-bond acceptors (Lipinski definition) is 3. The summed E-state index contributed by atoms with van der Waals surface area (Å²) in [5.74, 6) is 0. The highest BCUT2D eigenvalue weighted by Gasteiger charge is 2.26. The summed E-state index contributed by atoms with van der Waals surface area (Å²) in [5.41, 5.74) is 1.39. The number of para-hydroxylation sites is 2. The maximum atomic E-state index is 13.6. The maximum Gasteiger partial charge on any atom is 0.268 e. The average molecular weight is 388 g/mol. The van der Waals surface area contributed by atoms with Crippen LogP contribution in [0.1, 0.15) is 0 Å². The van der Waals surface area contributed by atoms with Crippen LogP contribution in [0.25, 0.3) is 32.7 Å². The molecule has 0 aliphatic carbocycles. The number of benzene rings is 3. The minimum absolute atomic E-state index is 0.183. The Morgan fingerprint density at radius 3 is 2.00 bits per heavy atom. The van der Waals surface area contributed by atoms with Gasteiger partial charge in [-0.1, -0.05) is 54.6 Å². The van der Waals surface area contributed by atoms with Crippen molar-refractivity contribution < 1.29 is 8.42 Å². The van der Waals surface area contributed by atoms with Crippen LogP contribution in [0, 0.1) is 0 Å². The second kappa shape index (κ2) is 5.81. The van der Waals surface area contributed by atoms with Crippen LogP contribution >= 0.6 is 0 Å². The van der Waals surface area contributed by atoms with Crippen LogP contribution in [0.15, 0.2) is 88.6 Å². The molecule has 3 aromatic carbocycles. The summed E-state index contributed by atoms with van der Waals surface area (Å²) in [6.07, 6.45) is 0. The van der Waals surface area contributed by atoms with Gasteiger partial charge in [-0.2, -0.15) is 0 Å². The third-order valence-corrected chi connectivity index (χ3v) is 6.88. The van der Waals surface area contributed by atoms with E-state index in [1.165, 1.54) is 3.97 Å². The Labute approximate surface area is 161 Å². The van der Waals surface area contributed by atoms with Gasteiger partial charge in [0, 0.05) is 17.8 Å². The maximum absolute atomic E-state index is 13.6. The Hall–Kier alpha value is -3.38. The predicted octanol–water partition coefficient (Wildman–Crippen LogP) is 3.88. The van der Waals surface area contributed by atoms with Gasteiger partial charge in [0.25, 0.3) is 15.6 Å². The minimum Gasteiger partial charge on any atom is -0.311 e. The van der Waals surface area contributed by atoms with E-state index in [9.17, 15) is 13.2 Å². The van der Waals surface area contributed by atoms with Gasteiger partial charge in [0.1, 0.15) is 0 Å². The lowest BCUT2D eigenvalue weighted by Gasteiger charge is -2.12. The molecule has 6 heteroatoms. The molecule has 0 unspecified atom stereocenters. The van der Waals surface area contributed by atoms with E-state index in [1.807, 2.05) is 30.3 Å². The fraction of sp³-hybridized carbons (Fsp3) is 0.0455. The number of aromatic nitrogens is 2. The molecule has 0 amide bonds. The van der Waals surface area contributed by atoms with Gasteiger partial charge in [0.2, 0.25) is 0 Å². The summed E-state index contributed by atoms with van der Waals surface area (Å²) < 4.78 is 30.1. The van der Waals surface area contributed by atoms with Crippen LogP contribution < -0.4 is 5.56 Å². The van der Waals surface area contributed by atoms with Crippen molar-refractivity contribution >= 4 is 42.7 Å². The molecule has 0 aliphatic rings. The van der Waals surface area contributed by atoms with Crippen LogP contribution in [0.4, 0.5) is 0 Å². The summed E-state index contributed by atoms with van der Waals surface area (Å²) in [6.45, 7) is 0. The lowest BCUT2D eigenvalue weighted by atomic mass is 10.1. The highest BCUT2D eigenvalue weighted by atomic mass is 32.2. The molecule has 0 radical (unpaired) electrons. The summed E-state index contributed by atoms with van der Waals surface area (Å²) in [4.78, 5) is 13.4. The molecule has 5 aromatic rings. The standard InChI is InChI=1S/C22H16N2O3S/c1-23-18-13-7-6-12-17(18)21-20(22(23)25)16-11-5-8-14-19(16)24(21)28(26,27)15-9-3-2-4-10-15/h2-14H,1H3. The number of rotatable bonds is 2. The molecule has 138 valence electrons. The van der Waals surface area contributed by atoms with Gasteiger partial charge in [0.15, 0.2) is 0 Å². The Morgan fingerprint density at radius 1 is 0.714 bits per heavy atom. The zero-order chi connectivity index (χ0) is 19.5. The van der Waals surface area contributed by atoms with E-state index in [4.69, 9.17) is 0 Å². The molecule has 0 saturated carbocycles. The highest BCUT2D eigenvalue weighted by Crippen LogP contribution is 2.34. The van der Waals surface area contributed by atoms with Crippen LogP contribution in [0.3, 0.4) is 0 Å². The van der Waals surface area contributed by atoms with Crippen molar-refractivity contribution in [1.82, 2.24) is 8.54 Å². The van der Waals surface area contributed by atoms with Crippen LogP contribution in [-0.4, -0.2) is 17.0 Å². The van der Waals surface area contributed by atoms with Gasteiger partial charge in [-0.25, -0.2) is 12.4 Å². The van der Waals surface area contributed by atoms with Gasteiger partial charge in [0.05, 0.1) is 26.8 Å². The lowest BCUT2D eigenvalue weighted by molar-refractivity contribution is 0.590. The van der Waals surface area contributed by atoms with Gasteiger partial charge in [-0.15, -0.1) is 0 Å². The largest absolute Gasteiger partial charge is 0.311 e. The quantitative estimate of drug-likeness (QED) is 0.461. The predicted molar refractivity (Wildman–Crippen MR) is 111 cm³/mol. The second-order valence-corrected chi connectivity index (χ2v) is 8.49. The fourth-order valence-corrected chi connectivity index (χ4v) is 5.42. The summed E-state index contributed by atoms with van der Waals surface area (Å²) in [7, 11) is -2.19. The van der Waals surface area contributed by atoms with Crippen molar-refractivity contribution in [2.24, 2.45) is 7.05 Å². The third kappa shape index (κ3) is 2.12. The van der Waals surface area contributed by atoms with Crippen molar-refractivity contribution in [3.05, 3.63) is 89.2 Å². The van der Waals surface area contributed by atoms with Crippen molar-refractivity contribution in [1.29, 1.82) is 0 Å². The Morgan fingerprint density at radius 2 is 1.29 bits per heavy atom. The first-order chi connectivity index (χ1) is 13.5. The Bertz CT molecular complexity index is 1550. The van der Waals surface area contributed by atoms with Crippen molar-refractivity contribution in [2.45, 2.75) is 4.90 Å². The molecule has 5 rings (SSSR count). The number of aryl methyl sites for hydroxylation is 1. The smallest absolute Gasteiger partial charge is 0.268 e. The second-order valence-electron chi connectivity index (χ2n) is 6.70. The summed E-state index contributed by atoms with van der Waals surface area (Å²) >= 11 is 0. The number of hydrogen-bond donors (Lipinski definition) is 0. The van der Waals surface area contributed by atoms with Gasteiger partial charge < -0.3 is 4.57 Å². The van der Waals surface area contributed by atoms with Gasteiger partial charge in [-0.3, -0.25) is 4.79 Å². The molecule has 0 aliphatic heterocycles. The van der Waals surface area contributed by atoms with Crippen LogP contribution in [0.2, 0.25) is 0 Å². The molecule has 2 heterocycles. The van der Waals surface area contributed by atoms with Crippen LogP contribution in [-0.2, 0) is 17.1 Å². The van der Waals surface area contributed by atoms with Crippen molar-refractivity contribution in [2.75, 3.05) is 0 Å². The number of nitrogens with zero attached hydrogens (tertiary/aromatic N) is 2. The van der Waals surface area contributed by atoms with E-state index in [1.54, 1.807) is 60.1 Å². The monoisotopic (exact) mass is 388 g/mol. The van der Waals surface area contributed by atoms with Gasteiger partial charge in [-0.05, 0) is 24.3 Å². The molecule has 5 nitrogen and oxygen atoms in total. The number of pyridine rings is 1. The molecular weight excluding hydrogens is 372 g/mol. The third-order valence-electron chi connectivity index (χ3n) is 5.15. The Kier molecular flexibility index (Phi) is 3.48.